The van der Waals surface area contributed by atoms with Gasteiger partial charge in [-0.15, -0.1) is 0 Å². The molecule has 0 aliphatic rings. The van der Waals surface area contributed by atoms with Crippen LogP contribution in [0.25, 0.3) is 10.8 Å². The number of likely N-dealkylation sites (N-methyl/N-ethyl adjacent to an activating group) is 1. The van der Waals surface area contributed by atoms with E-state index in [2.05, 4.69) is 5.32 Å². The van der Waals surface area contributed by atoms with Crippen LogP contribution in [0.3, 0.4) is 0 Å². The van der Waals surface area contributed by atoms with Gasteiger partial charge in [0.25, 0.3) is 11.8 Å². The molecule has 0 heterocycles. The van der Waals surface area contributed by atoms with Crippen LogP contribution in [-0.2, 0) is 11.3 Å². The Morgan fingerprint density at radius 3 is 2.21 bits per heavy atom. The van der Waals surface area contributed by atoms with E-state index in [-0.39, 0.29) is 18.4 Å². The fraction of sp³-hybridized carbons (Fsp3) is 0.143. The summed E-state index contributed by atoms with van der Waals surface area (Å²) in [5, 5.41) is 4.82. The molecule has 0 atom stereocenters. The van der Waals surface area contributed by atoms with E-state index < -0.39 is 0 Å². The molecule has 5 heteroatoms. The van der Waals surface area contributed by atoms with E-state index in [1.165, 1.54) is 0 Å². The minimum Gasteiger partial charge on any atom is -0.483 e. The fourth-order valence-electron chi connectivity index (χ4n) is 3.61. The van der Waals surface area contributed by atoms with Gasteiger partial charge in [0, 0.05) is 19.3 Å². The standard InChI is InChI=1S/C28H26N2O3/c1-20-10-6-9-15-25(20)29-28(32)24-16-22-13-7-8-14-23(22)17-26(24)33-19-27(31)30(2)18-21-11-4-3-5-12-21/h3-17H,18-19H2,1-2H3,(H,29,32). The molecular weight excluding hydrogens is 412 g/mol. The second-order valence-corrected chi connectivity index (χ2v) is 7.99. The SMILES string of the molecule is Cc1ccccc1NC(=O)c1cc2ccccc2cc1OCC(=O)N(C)Cc1ccccc1. The molecule has 0 fully saturated rings. The van der Waals surface area contributed by atoms with E-state index >= 15 is 0 Å². The minimum absolute atomic E-state index is 0.160. The molecule has 0 radical (unpaired) electrons. The van der Waals surface area contributed by atoms with Crippen molar-refractivity contribution >= 4 is 28.3 Å². The molecule has 166 valence electrons. The highest BCUT2D eigenvalue weighted by molar-refractivity contribution is 6.09. The first-order valence-electron chi connectivity index (χ1n) is 10.8. The lowest BCUT2D eigenvalue weighted by molar-refractivity contribution is -0.132. The largest absolute Gasteiger partial charge is 0.483 e. The van der Waals surface area contributed by atoms with Crippen LogP contribution < -0.4 is 10.1 Å². The number of fused-ring (bicyclic) bond motifs is 1. The number of carbonyl (C=O) groups is 2. The number of para-hydroxylation sites is 1. The Kier molecular flexibility index (Phi) is 6.69. The molecule has 0 spiro atoms. The third-order valence-electron chi connectivity index (χ3n) is 5.53. The number of benzene rings is 4. The van der Waals surface area contributed by atoms with Crippen LogP contribution in [0.15, 0.2) is 91.0 Å². The van der Waals surface area contributed by atoms with Gasteiger partial charge >= 0.3 is 0 Å². The number of rotatable bonds is 7. The molecular formula is C28H26N2O3. The Hall–Kier alpha value is -4.12. The van der Waals surface area contributed by atoms with Gasteiger partial charge in [-0.25, -0.2) is 0 Å². The van der Waals surface area contributed by atoms with E-state index in [9.17, 15) is 9.59 Å². The molecule has 5 nitrogen and oxygen atoms in total. The second kappa shape index (κ2) is 10.0. The van der Waals surface area contributed by atoms with Crippen LogP contribution in [0.2, 0.25) is 0 Å². The van der Waals surface area contributed by atoms with E-state index in [1.807, 2.05) is 91.9 Å². The number of anilines is 1. The predicted octanol–water partition coefficient (Wildman–Crippen LogP) is 5.44. The molecule has 0 aliphatic carbocycles. The van der Waals surface area contributed by atoms with Crippen molar-refractivity contribution in [1.82, 2.24) is 4.90 Å². The molecule has 0 saturated heterocycles. The molecule has 0 aromatic heterocycles. The first kappa shape index (κ1) is 22.1. The van der Waals surface area contributed by atoms with Crippen LogP contribution in [0.1, 0.15) is 21.5 Å². The van der Waals surface area contributed by atoms with Gasteiger partial charge in [-0.2, -0.15) is 0 Å². The predicted molar refractivity (Wildman–Crippen MR) is 131 cm³/mol. The summed E-state index contributed by atoms with van der Waals surface area (Å²) >= 11 is 0. The van der Waals surface area contributed by atoms with Gasteiger partial charge in [-0.1, -0.05) is 72.8 Å². The molecule has 4 aromatic rings. The summed E-state index contributed by atoms with van der Waals surface area (Å²) in [6.07, 6.45) is 0. The maximum Gasteiger partial charge on any atom is 0.260 e. The van der Waals surface area contributed by atoms with Crippen molar-refractivity contribution in [2.75, 3.05) is 19.0 Å². The van der Waals surface area contributed by atoms with Crippen LogP contribution >= 0.6 is 0 Å². The average molecular weight is 439 g/mol. The molecule has 0 bridgehead atoms. The topological polar surface area (TPSA) is 58.6 Å². The third kappa shape index (κ3) is 5.39. The van der Waals surface area contributed by atoms with E-state index in [0.29, 0.717) is 17.9 Å². The lowest BCUT2D eigenvalue weighted by Gasteiger charge is -2.19. The van der Waals surface area contributed by atoms with Crippen molar-refractivity contribution in [3.05, 3.63) is 108 Å². The molecule has 1 N–H and O–H groups in total. The van der Waals surface area contributed by atoms with Gasteiger partial charge in [-0.3, -0.25) is 9.59 Å². The molecule has 4 aromatic carbocycles. The maximum atomic E-state index is 13.2. The van der Waals surface area contributed by atoms with E-state index in [1.54, 1.807) is 18.0 Å². The van der Waals surface area contributed by atoms with Crippen LogP contribution in [0, 0.1) is 6.92 Å². The minimum atomic E-state index is -0.282. The quantitative estimate of drug-likeness (QED) is 0.418. The highest BCUT2D eigenvalue weighted by Gasteiger charge is 2.17. The Balaban J connectivity index is 1.55. The molecule has 33 heavy (non-hydrogen) atoms. The number of ether oxygens (including phenoxy) is 1. The van der Waals surface area contributed by atoms with Gasteiger partial charge in [0.05, 0.1) is 5.56 Å². The highest BCUT2D eigenvalue weighted by atomic mass is 16.5. The van der Waals surface area contributed by atoms with Crippen molar-refractivity contribution < 1.29 is 14.3 Å². The summed E-state index contributed by atoms with van der Waals surface area (Å²) in [4.78, 5) is 27.5. The summed E-state index contributed by atoms with van der Waals surface area (Å²) in [6.45, 7) is 2.27. The lowest BCUT2D eigenvalue weighted by atomic mass is 10.0. The molecule has 0 unspecified atom stereocenters. The van der Waals surface area contributed by atoms with Gasteiger partial charge in [0.2, 0.25) is 0 Å². The normalized spacial score (nSPS) is 10.6. The zero-order valence-electron chi connectivity index (χ0n) is 18.7. The summed E-state index contributed by atoms with van der Waals surface area (Å²) in [5.74, 6) is -0.0753. The Morgan fingerprint density at radius 2 is 1.48 bits per heavy atom. The van der Waals surface area contributed by atoms with Crippen molar-refractivity contribution in [3.63, 3.8) is 0 Å². The molecule has 4 rings (SSSR count). The Morgan fingerprint density at radius 1 is 0.848 bits per heavy atom. The van der Waals surface area contributed by atoms with Crippen molar-refractivity contribution in [1.29, 1.82) is 0 Å². The summed E-state index contributed by atoms with van der Waals surface area (Å²) in [7, 11) is 1.74. The van der Waals surface area contributed by atoms with Crippen molar-refractivity contribution in [3.8, 4) is 5.75 Å². The summed E-state index contributed by atoms with van der Waals surface area (Å²) < 4.78 is 5.90. The summed E-state index contributed by atoms with van der Waals surface area (Å²) in [6, 6.07) is 28.7. The van der Waals surface area contributed by atoms with Gasteiger partial charge < -0.3 is 15.0 Å². The first-order valence-corrected chi connectivity index (χ1v) is 10.8. The first-order chi connectivity index (χ1) is 16.0. The number of amides is 2. The zero-order chi connectivity index (χ0) is 23.2. The molecule has 2 amide bonds. The smallest absolute Gasteiger partial charge is 0.260 e. The lowest BCUT2D eigenvalue weighted by Crippen LogP contribution is -2.31. The van der Waals surface area contributed by atoms with Crippen molar-refractivity contribution in [2.45, 2.75) is 13.5 Å². The summed E-state index contributed by atoms with van der Waals surface area (Å²) in [5.41, 5.74) is 3.12. The molecule has 0 saturated carbocycles. The number of hydrogen-bond acceptors (Lipinski definition) is 3. The van der Waals surface area contributed by atoms with Crippen LogP contribution in [-0.4, -0.2) is 30.4 Å². The number of hydrogen-bond donors (Lipinski definition) is 1. The average Bonchev–Trinajstić information content (AvgIpc) is 2.84. The monoisotopic (exact) mass is 438 g/mol. The fourth-order valence-corrected chi connectivity index (χ4v) is 3.61. The van der Waals surface area contributed by atoms with Crippen molar-refractivity contribution in [2.24, 2.45) is 0 Å². The second-order valence-electron chi connectivity index (χ2n) is 7.99. The van der Waals surface area contributed by atoms with Gasteiger partial charge in [0.1, 0.15) is 5.75 Å². The maximum absolute atomic E-state index is 13.2. The molecule has 0 aliphatic heterocycles. The third-order valence-corrected chi connectivity index (χ3v) is 5.53. The number of nitrogens with zero attached hydrogens (tertiary/aromatic N) is 1. The number of nitrogens with one attached hydrogen (secondary N) is 1. The van der Waals surface area contributed by atoms with Crippen LogP contribution in [0.4, 0.5) is 5.69 Å². The number of aryl methyl sites for hydroxylation is 1. The Labute approximate surface area is 193 Å². The highest BCUT2D eigenvalue weighted by Crippen LogP contribution is 2.28. The Bertz CT molecular complexity index is 1280. The van der Waals surface area contributed by atoms with Gasteiger partial charge in [-0.05, 0) is 47.0 Å². The van der Waals surface area contributed by atoms with Gasteiger partial charge in [0.15, 0.2) is 6.61 Å². The van der Waals surface area contributed by atoms with E-state index in [0.717, 1.165) is 27.6 Å². The van der Waals surface area contributed by atoms with E-state index in [4.69, 9.17) is 4.74 Å². The zero-order valence-corrected chi connectivity index (χ0v) is 18.7. The van der Waals surface area contributed by atoms with Crippen LogP contribution in [0.5, 0.6) is 5.75 Å². The number of carbonyl (C=O) groups excluding carboxylic acids is 2.